The van der Waals surface area contributed by atoms with Gasteiger partial charge in [0.25, 0.3) is 10.0 Å². The molecule has 0 unspecified atom stereocenters. The van der Waals surface area contributed by atoms with Gasteiger partial charge in [0, 0.05) is 20.0 Å². The van der Waals surface area contributed by atoms with Gasteiger partial charge in [-0.15, -0.1) is 0 Å². The third kappa shape index (κ3) is 5.51. The fraction of sp³-hybridized carbons (Fsp3) is 0.100. The molecule has 3 aromatic carbocycles. The molecule has 0 aliphatic carbocycles. The van der Waals surface area contributed by atoms with Crippen molar-refractivity contribution in [3.8, 4) is 5.75 Å². The lowest BCUT2D eigenvalue weighted by Crippen LogP contribution is -2.12. The van der Waals surface area contributed by atoms with Crippen LogP contribution in [0.2, 0.25) is 0 Å². The van der Waals surface area contributed by atoms with Gasteiger partial charge in [0.1, 0.15) is 5.75 Å². The van der Waals surface area contributed by atoms with E-state index >= 15 is 0 Å². The van der Waals surface area contributed by atoms with E-state index in [0.29, 0.717) is 18.0 Å². The fourth-order valence-corrected chi connectivity index (χ4v) is 4.46. The summed E-state index contributed by atoms with van der Waals surface area (Å²) < 4.78 is 34.0. The van der Waals surface area contributed by atoms with Gasteiger partial charge in [-0.25, -0.2) is 8.42 Å². The number of ether oxygens (including phenoxy) is 1. The Labute approximate surface area is 172 Å². The number of halogens is 1. The Hall–Kier alpha value is -1.96. The molecule has 0 spiro atoms. The molecule has 4 nitrogen and oxygen atoms in total. The highest BCUT2D eigenvalue weighted by molar-refractivity contribution is 9.10. The van der Waals surface area contributed by atoms with Crippen LogP contribution in [0.15, 0.2) is 92.0 Å². The van der Waals surface area contributed by atoms with E-state index in [1.807, 2.05) is 43.3 Å². The molecule has 0 saturated heterocycles. The molecule has 0 saturated carbocycles. The summed E-state index contributed by atoms with van der Waals surface area (Å²) in [4.78, 5) is 2.33. The maximum atomic E-state index is 12.5. The van der Waals surface area contributed by atoms with Gasteiger partial charge in [-0.3, -0.25) is 4.72 Å². The summed E-state index contributed by atoms with van der Waals surface area (Å²) in [7, 11) is -3.64. The number of nitrogens with one attached hydrogen (secondary N) is 1. The smallest absolute Gasteiger partial charge is 0.261 e. The van der Waals surface area contributed by atoms with Crippen molar-refractivity contribution in [3.05, 3.63) is 77.3 Å². The van der Waals surface area contributed by atoms with Crippen LogP contribution in [-0.4, -0.2) is 15.0 Å². The predicted octanol–water partition coefficient (Wildman–Crippen LogP) is 5.80. The number of sulfonamides is 1. The first-order chi connectivity index (χ1) is 13.0. The first-order valence-corrected chi connectivity index (χ1v) is 11.3. The van der Waals surface area contributed by atoms with E-state index in [1.54, 1.807) is 36.0 Å². The Balaban J connectivity index is 1.68. The summed E-state index contributed by atoms with van der Waals surface area (Å²) in [6.07, 6.45) is 0. The van der Waals surface area contributed by atoms with Gasteiger partial charge >= 0.3 is 0 Å². The summed E-state index contributed by atoms with van der Waals surface area (Å²) in [5, 5.41) is 0. The highest BCUT2D eigenvalue weighted by Crippen LogP contribution is 2.30. The quantitative estimate of drug-likeness (QED) is 0.480. The first kappa shape index (κ1) is 19.8. The van der Waals surface area contributed by atoms with Crippen molar-refractivity contribution < 1.29 is 13.2 Å². The largest absolute Gasteiger partial charge is 0.494 e. The minimum atomic E-state index is -3.64. The third-order valence-corrected chi connectivity index (χ3v) is 6.54. The van der Waals surface area contributed by atoms with Crippen molar-refractivity contribution in [2.45, 2.75) is 21.6 Å². The summed E-state index contributed by atoms with van der Waals surface area (Å²) in [5.41, 5.74) is 0.518. The van der Waals surface area contributed by atoms with Crippen molar-refractivity contribution in [2.24, 2.45) is 0 Å². The van der Waals surface area contributed by atoms with Crippen LogP contribution in [0, 0.1) is 0 Å². The van der Waals surface area contributed by atoms with Gasteiger partial charge in [-0.05, 0) is 79.7 Å². The van der Waals surface area contributed by atoms with Crippen molar-refractivity contribution in [1.29, 1.82) is 0 Å². The lowest BCUT2D eigenvalue weighted by Gasteiger charge is -2.10. The van der Waals surface area contributed by atoms with Crippen LogP contribution in [-0.2, 0) is 10.0 Å². The second-order valence-corrected chi connectivity index (χ2v) is 9.34. The molecule has 7 heteroatoms. The molecular formula is C20H18BrNO3S2. The molecule has 0 fully saturated rings. The highest BCUT2D eigenvalue weighted by Gasteiger charge is 2.14. The SMILES string of the molecule is CCOc1ccc(S(=O)(=O)Nc2ccc(Sc3ccc(Br)cc3)cc2)cc1. The lowest BCUT2D eigenvalue weighted by molar-refractivity contribution is 0.340. The van der Waals surface area contributed by atoms with E-state index in [4.69, 9.17) is 4.74 Å². The first-order valence-electron chi connectivity index (χ1n) is 8.25. The zero-order valence-electron chi connectivity index (χ0n) is 14.6. The summed E-state index contributed by atoms with van der Waals surface area (Å²) in [6, 6.07) is 21.7. The average Bonchev–Trinajstić information content (AvgIpc) is 2.66. The van der Waals surface area contributed by atoms with Gasteiger partial charge in [-0.2, -0.15) is 0 Å². The molecule has 0 atom stereocenters. The summed E-state index contributed by atoms with van der Waals surface area (Å²) in [5.74, 6) is 0.644. The Morgan fingerprint density at radius 3 is 2.00 bits per heavy atom. The van der Waals surface area contributed by atoms with E-state index < -0.39 is 10.0 Å². The van der Waals surface area contributed by atoms with Gasteiger partial charge in [0.15, 0.2) is 0 Å². The van der Waals surface area contributed by atoms with Crippen molar-refractivity contribution in [1.82, 2.24) is 0 Å². The summed E-state index contributed by atoms with van der Waals surface area (Å²) >= 11 is 5.03. The van der Waals surface area contributed by atoms with Crippen LogP contribution in [0.25, 0.3) is 0 Å². The van der Waals surface area contributed by atoms with E-state index in [1.165, 1.54) is 12.1 Å². The molecule has 27 heavy (non-hydrogen) atoms. The van der Waals surface area contributed by atoms with Crippen LogP contribution >= 0.6 is 27.7 Å². The van der Waals surface area contributed by atoms with Crippen LogP contribution in [0.1, 0.15) is 6.92 Å². The van der Waals surface area contributed by atoms with E-state index in [9.17, 15) is 8.42 Å². The van der Waals surface area contributed by atoms with Gasteiger partial charge in [0.2, 0.25) is 0 Å². The standard InChI is InChI=1S/C20H18BrNO3S2/c1-2-25-17-7-13-20(14-8-17)27(23,24)22-16-5-11-19(12-6-16)26-18-9-3-15(21)4-10-18/h3-14,22H,2H2,1H3. The van der Waals surface area contributed by atoms with Gasteiger partial charge in [0.05, 0.1) is 11.5 Å². The molecule has 0 amide bonds. The Kier molecular flexibility index (Phi) is 6.46. The van der Waals surface area contributed by atoms with Gasteiger partial charge < -0.3 is 4.74 Å². The number of hydrogen-bond acceptors (Lipinski definition) is 4. The van der Waals surface area contributed by atoms with Crippen LogP contribution in [0.3, 0.4) is 0 Å². The molecule has 3 aromatic rings. The molecule has 1 N–H and O–H groups in total. The molecule has 0 radical (unpaired) electrons. The fourth-order valence-electron chi connectivity index (χ4n) is 2.33. The molecule has 3 rings (SSSR count). The highest BCUT2D eigenvalue weighted by atomic mass is 79.9. The Morgan fingerprint density at radius 2 is 1.44 bits per heavy atom. The van der Waals surface area contributed by atoms with Crippen LogP contribution < -0.4 is 9.46 Å². The zero-order chi connectivity index (χ0) is 19.3. The number of anilines is 1. The monoisotopic (exact) mass is 463 g/mol. The molecule has 0 heterocycles. The van der Waals surface area contributed by atoms with Crippen molar-refractivity contribution in [2.75, 3.05) is 11.3 Å². The number of rotatable bonds is 7. The minimum absolute atomic E-state index is 0.194. The molecule has 0 aromatic heterocycles. The molecule has 0 aliphatic heterocycles. The Bertz CT molecular complexity index is 987. The summed E-state index contributed by atoms with van der Waals surface area (Å²) in [6.45, 7) is 2.42. The lowest BCUT2D eigenvalue weighted by atomic mass is 10.3. The number of hydrogen-bond donors (Lipinski definition) is 1. The molecule has 0 bridgehead atoms. The minimum Gasteiger partial charge on any atom is -0.494 e. The van der Waals surface area contributed by atoms with E-state index in [-0.39, 0.29) is 4.90 Å². The molecule has 0 aliphatic rings. The molecule has 140 valence electrons. The maximum absolute atomic E-state index is 12.5. The van der Waals surface area contributed by atoms with Crippen molar-refractivity contribution >= 4 is 43.4 Å². The van der Waals surface area contributed by atoms with Crippen molar-refractivity contribution in [3.63, 3.8) is 0 Å². The normalized spacial score (nSPS) is 11.2. The number of benzene rings is 3. The third-order valence-electron chi connectivity index (χ3n) is 3.60. The Morgan fingerprint density at radius 1 is 0.889 bits per heavy atom. The second-order valence-electron chi connectivity index (χ2n) is 5.59. The van der Waals surface area contributed by atoms with E-state index in [2.05, 4.69) is 20.7 Å². The predicted molar refractivity (Wildman–Crippen MR) is 113 cm³/mol. The molecular weight excluding hydrogens is 446 g/mol. The van der Waals surface area contributed by atoms with Crippen LogP contribution in [0.4, 0.5) is 5.69 Å². The van der Waals surface area contributed by atoms with Crippen LogP contribution in [0.5, 0.6) is 5.75 Å². The second kappa shape index (κ2) is 8.82. The van der Waals surface area contributed by atoms with Gasteiger partial charge in [-0.1, -0.05) is 27.7 Å². The maximum Gasteiger partial charge on any atom is 0.261 e. The topological polar surface area (TPSA) is 55.4 Å². The van der Waals surface area contributed by atoms with E-state index in [0.717, 1.165) is 14.3 Å². The zero-order valence-corrected chi connectivity index (χ0v) is 17.8. The average molecular weight is 464 g/mol.